The fraction of sp³-hybridized carbons (Fsp3) is 0.579. The Morgan fingerprint density at radius 1 is 1.45 bits per heavy atom. The summed E-state index contributed by atoms with van der Waals surface area (Å²) in [6.45, 7) is 10.1. The van der Waals surface area contributed by atoms with Crippen LogP contribution in [0.4, 0.5) is 0 Å². The third-order valence-electron chi connectivity index (χ3n) is 4.88. The average Bonchev–Trinajstić information content (AvgIpc) is 2.83. The second kappa shape index (κ2) is 5.76. The lowest BCUT2D eigenvalue weighted by molar-refractivity contribution is -0.150. The molecular formula is C19H24O3. The summed E-state index contributed by atoms with van der Waals surface area (Å²) in [7, 11) is 0. The third-order valence-corrected chi connectivity index (χ3v) is 4.88. The van der Waals surface area contributed by atoms with E-state index >= 15 is 0 Å². The molecule has 2 aliphatic rings. The number of esters is 1. The number of ether oxygens (including phenoxy) is 1. The van der Waals surface area contributed by atoms with Crippen molar-refractivity contribution in [3.63, 3.8) is 0 Å². The van der Waals surface area contributed by atoms with Gasteiger partial charge in [-0.15, -0.1) is 12.3 Å². The summed E-state index contributed by atoms with van der Waals surface area (Å²) in [5.41, 5.74) is 2.58. The molecule has 0 aromatic carbocycles. The van der Waals surface area contributed by atoms with E-state index in [1.165, 1.54) is 5.57 Å². The van der Waals surface area contributed by atoms with E-state index < -0.39 is 6.10 Å². The van der Waals surface area contributed by atoms with E-state index in [1.807, 2.05) is 20.8 Å². The zero-order valence-electron chi connectivity index (χ0n) is 14.0. The maximum absolute atomic E-state index is 12.5. The highest BCUT2D eigenvalue weighted by atomic mass is 16.5. The highest BCUT2D eigenvalue weighted by Crippen LogP contribution is 2.60. The van der Waals surface area contributed by atoms with E-state index in [4.69, 9.17) is 11.2 Å². The zero-order valence-corrected chi connectivity index (χ0v) is 14.0. The molecule has 3 atom stereocenters. The lowest BCUT2D eigenvalue weighted by Gasteiger charge is -2.13. The van der Waals surface area contributed by atoms with Gasteiger partial charge in [-0.3, -0.25) is 9.59 Å². The van der Waals surface area contributed by atoms with Crippen LogP contribution in [-0.4, -0.2) is 17.9 Å². The van der Waals surface area contributed by atoms with Gasteiger partial charge >= 0.3 is 5.97 Å². The van der Waals surface area contributed by atoms with Crippen LogP contribution in [0.3, 0.4) is 0 Å². The molecule has 0 spiro atoms. The number of terminal acetylenes is 1. The van der Waals surface area contributed by atoms with Crippen molar-refractivity contribution in [2.24, 2.45) is 17.3 Å². The molecule has 0 bridgehead atoms. The number of hydrogen-bond acceptors (Lipinski definition) is 3. The number of carbonyl (C=O) groups excluding carboxylic acids is 2. The van der Waals surface area contributed by atoms with Crippen LogP contribution in [0.2, 0.25) is 0 Å². The van der Waals surface area contributed by atoms with Crippen molar-refractivity contribution in [2.75, 3.05) is 0 Å². The Bertz CT molecular complexity index is 609. The quantitative estimate of drug-likeness (QED) is 0.454. The Morgan fingerprint density at radius 3 is 2.64 bits per heavy atom. The molecule has 1 fully saturated rings. The summed E-state index contributed by atoms with van der Waals surface area (Å²) in [4.78, 5) is 24.4. The predicted octanol–water partition coefficient (Wildman–Crippen LogP) is 3.45. The first-order valence-electron chi connectivity index (χ1n) is 7.72. The summed E-state index contributed by atoms with van der Waals surface area (Å²) >= 11 is 0. The molecule has 0 heterocycles. The monoisotopic (exact) mass is 300 g/mol. The molecule has 0 aromatic heterocycles. The van der Waals surface area contributed by atoms with Gasteiger partial charge in [0.15, 0.2) is 5.78 Å². The summed E-state index contributed by atoms with van der Waals surface area (Å²) in [5, 5.41) is 0. The number of allylic oxidation sites excluding steroid dienone is 3. The molecule has 3 heteroatoms. The topological polar surface area (TPSA) is 43.4 Å². The molecule has 1 saturated carbocycles. The van der Waals surface area contributed by atoms with Gasteiger partial charge in [-0.1, -0.05) is 25.5 Å². The molecule has 0 saturated heterocycles. The highest BCUT2D eigenvalue weighted by Gasteiger charge is 2.61. The van der Waals surface area contributed by atoms with Crippen LogP contribution in [0.25, 0.3) is 0 Å². The molecule has 0 aliphatic heterocycles. The summed E-state index contributed by atoms with van der Waals surface area (Å²) in [6.07, 6.45) is 7.53. The van der Waals surface area contributed by atoms with E-state index in [0.717, 1.165) is 5.57 Å². The normalized spacial score (nSPS) is 29.1. The van der Waals surface area contributed by atoms with Crippen molar-refractivity contribution < 1.29 is 14.3 Å². The van der Waals surface area contributed by atoms with E-state index in [1.54, 1.807) is 0 Å². The lowest BCUT2D eigenvalue weighted by atomic mass is 10.1. The number of rotatable bonds is 4. The largest absolute Gasteiger partial charge is 0.457 e. The van der Waals surface area contributed by atoms with Crippen molar-refractivity contribution in [3.8, 4) is 12.3 Å². The summed E-state index contributed by atoms with van der Waals surface area (Å²) in [6, 6.07) is 0. The fourth-order valence-corrected chi connectivity index (χ4v) is 3.34. The maximum Gasteiger partial charge on any atom is 0.310 e. The van der Waals surface area contributed by atoms with Crippen molar-refractivity contribution >= 4 is 11.8 Å². The van der Waals surface area contributed by atoms with Crippen molar-refractivity contribution in [1.29, 1.82) is 0 Å². The molecule has 0 unspecified atom stereocenters. The molecule has 118 valence electrons. The van der Waals surface area contributed by atoms with Gasteiger partial charge in [0.05, 0.1) is 12.3 Å². The van der Waals surface area contributed by atoms with Gasteiger partial charge in [0.25, 0.3) is 0 Å². The maximum atomic E-state index is 12.5. The number of Topliss-reactive ketones (excluding diaryl/α,β-unsaturated/α-hetero) is 1. The Balaban J connectivity index is 2.07. The first-order chi connectivity index (χ1) is 10.2. The Kier molecular flexibility index (Phi) is 4.33. The van der Waals surface area contributed by atoms with Crippen LogP contribution in [0.1, 0.15) is 47.5 Å². The van der Waals surface area contributed by atoms with Gasteiger partial charge in [-0.25, -0.2) is 0 Å². The Labute approximate surface area is 132 Å². The second-order valence-electron chi connectivity index (χ2n) is 7.16. The first kappa shape index (κ1) is 16.5. The Hall–Kier alpha value is -1.82. The molecule has 0 radical (unpaired) electrons. The van der Waals surface area contributed by atoms with Gasteiger partial charge < -0.3 is 4.74 Å². The van der Waals surface area contributed by atoms with Crippen molar-refractivity contribution in [2.45, 2.75) is 53.6 Å². The Morgan fingerprint density at radius 2 is 2.09 bits per heavy atom. The van der Waals surface area contributed by atoms with Gasteiger partial charge in [0, 0.05) is 12.0 Å². The van der Waals surface area contributed by atoms with Crippen LogP contribution in [0.5, 0.6) is 0 Å². The highest BCUT2D eigenvalue weighted by molar-refractivity contribution is 6.00. The van der Waals surface area contributed by atoms with Gasteiger partial charge in [0.2, 0.25) is 0 Å². The number of carbonyl (C=O) groups is 2. The van der Waals surface area contributed by atoms with E-state index in [-0.39, 0.29) is 35.4 Å². The lowest BCUT2D eigenvalue weighted by Crippen LogP contribution is -2.20. The zero-order chi connectivity index (χ0) is 16.7. The number of hydrogen-bond donors (Lipinski definition) is 0. The minimum absolute atomic E-state index is 0.00385. The van der Waals surface area contributed by atoms with Crippen molar-refractivity contribution in [1.82, 2.24) is 0 Å². The minimum atomic E-state index is -0.438. The molecule has 3 nitrogen and oxygen atoms in total. The number of ketones is 1. The van der Waals surface area contributed by atoms with Crippen molar-refractivity contribution in [3.05, 3.63) is 22.8 Å². The molecule has 0 aromatic rings. The molecule has 22 heavy (non-hydrogen) atoms. The summed E-state index contributed by atoms with van der Waals surface area (Å²) in [5.74, 6) is 2.39. The molecule has 2 rings (SSSR count). The van der Waals surface area contributed by atoms with E-state index in [0.29, 0.717) is 12.0 Å². The predicted molar refractivity (Wildman–Crippen MR) is 85.8 cm³/mol. The van der Waals surface area contributed by atoms with Gasteiger partial charge in [-0.2, -0.15) is 0 Å². The van der Waals surface area contributed by atoms with E-state index in [2.05, 4.69) is 25.8 Å². The van der Waals surface area contributed by atoms with Crippen LogP contribution in [0.15, 0.2) is 22.8 Å². The standard InChI is InChI=1S/C19H24O3/c1-7-8-13-12(4)16(10-15(13)20)22-18(21)17-14(9-11(2)3)19(17,5)6/h1,9,14,16-17H,8,10H2,2-6H3/t14-,16-,17+/m0/s1. The SMILES string of the molecule is C#CCC1=C(C)[C@@H](OC(=O)[C@H]2[C@H](C=C(C)C)C2(C)C)CC1=O. The second-order valence-corrected chi connectivity index (χ2v) is 7.16. The van der Waals surface area contributed by atoms with E-state index in [9.17, 15) is 9.59 Å². The smallest absolute Gasteiger partial charge is 0.310 e. The molecular weight excluding hydrogens is 276 g/mol. The average molecular weight is 300 g/mol. The molecule has 0 N–H and O–H groups in total. The van der Waals surface area contributed by atoms with Crippen LogP contribution in [-0.2, 0) is 14.3 Å². The van der Waals surface area contributed by atoms with Gasteiger partial charge in [-0.05, 0) is 37.7 Å². The molecule has 0 amide bonds. The minimum Gasteiger partial charge on any atom is -0.457 e. The first-order valence-corrected chi connectivity index (χ1v) is 7.72. The van der Waals surface area contributed by atoms with Gasteiger partial charge in [0.1, 0.15) is 6.10 Å². The third kappa shape index (κ3) is 2.88. The van der Waals surface area contributed by atoms with Crippen LogP contribution >= 0.6 is 0 Å². The molecule has 2 aliphatic carbocycles. The fourth-order valence-electron chi connectivity index (χ4n) is 3.34. The summed E-state index contributed by atoms with van der Waals surface area (Å²) < 4.78 is 5.63. The van der Waals surface area contributed by atoms with Crippen LogP contribution < -0.4 is 0 Å². The van der Waals surface area contributed by atoms with Crippen LogP contribution in [0, 0.1) is 29.6 Å².